The minimum Gasteiger partial charge on any atom is -0.369 e. The van der Waals surface area contributed by atoms with Gasteiger partial charge in [-0.3, -0.25) is 0 Å². The van der Waals surface area contributed by atoms with Crippen LogP contribution in [0.15, 0.2) is 53.5 Å². The Morgan fingerprint density at radius 1 is 1.19 bits per heavy atom. The molecular weight excluding hydrogens is 282 g/mol. The first kappa shape index (κ1) is 14.0. The van der Waals surface area contributed by atoms with Crippen LogP contribution in [0.3, 0.4) is 0 Å². The summed E-state index contributed by atoms with van der Waals surface area (Å²) in [6.45, 7) is 2.18. The lowest BCUT2D eigenvalue weighted by Gasteiger charge is -2.36. The monoisotopic (exact) mass is 299 g/mol. The van der Waals surface area contributed by atoms with Crippen LogP contribution in [0.2, 0.25) is 5.02 Å². The molecule has 2 aromatic rings. The van der Waals surface area contributed by atoms with Crippen molar-refractivity contribution in [3.63, 3.8) is 0 Å². The van der Waals surface area contributed by atoms with Crippen molar-refractivity contribution in [2.45, 2.75) is 25.8 Å². The molecule has 0 unspecified atom stereocenters. The number of nitrogens with zero attached hydrogens (tertiary/aromatic N) is 2. The minimum absolute atomic E-state index is 0.343. The number of benzene rings is 2. The number of fused-ring (bicyclic) bond motifs is 1. The predicted octanol–water partition coefficient (Wildman–Crippen LogP) is 4.13. The van der Waals surface area contributed by atoms with E-state index >= 15 is 0 Å². The fourth-order valence-electron chi connectivity index (χ4n) is 2.74. The summed E-state index contributed by atoms with van der Waals surface area (Å²) in [5, 5.41) is 0.698. The van der Waals surface area contributed by atoms with Gasteiger partial charge >= 0.3 is 0 Å². The maximum atomic E-state index is 6.27. The van der Waals surface area contributed by atoms with E-state index in [-0.39, 0.29) is 0 Å². The molecule has 0 saturated carbocycles. The largest absolute Gasteiger partial charge is 0.369 e. The molecule has 1 heterocycles. The second-order valence-electron chi connectivity index (χ2n) is 5.33. The molecule has 0 spiro atoms. The van der Waals surface area contributed by atoms with Crippen LogP contribution in [-0.2, 0) is 6.42 Å². The number of guanidine groups is 1. The summed E-state index contributed by atoms with van der Waals surface area (Å²) in [4.78, 5) is 6.65. The van der Waals surface area contributed by atoms with Crippen LogP contribution in [0.4, 0.5) is 11.4 Å². The zero-order valence-corrected chi connectivity index (χ0v) is 12.7. The Morgan fingerprint density at radius 3 is 2.67 bits per heavy atom. The molecule has 2 N–H and O–H groups in total. The molecule has 0 radical (unpaired) electrons. The van der Waals surface area contributed by atoms with Crippen LogP contribution in [0, 0.1) is 0 Å². The summed E-state index contributed by atoms with van der Waals surface area (Å²) in [5.74, 6) is 0.525. The van der Waals surface area contributed by atoms with Gasteiger partial charge in [0.1, 0.15) is 0 Å². The van der Waals surface area contributed by atoms with E-state index in [9.17, 15) is 0 Å². The smallest absolute Gasteiger partial charge is 0.201 e. The Morgan fingerprint density at radius 2 is 1.90 bits per heavy atom. The Kier molecular flexibility index (Phi) is 3.84. The van der Waals surface area contributed by atoms with Crippen molar-refractivity contribution in [3.05, 3.63) is 59.1 Å². The molecular formula is C17H18ClN3. The number of aliphatic imine (C=N–C) groups is 1. The second-order valence-corrected chi connectivity index (χ2v) is 5.77. The first-order valence-electron chi connectivity index (χ1n) is 7.12. The van der Waals surface area contributed by atoms with Gasteiger partial charge in [-0.05, 0) is 55.7 Å². The Balaban J connectivity index is 1.96. The Labute approximate surface area is 130 Å². The fourth-order valence-corrected chi connectivity index (χ4v) is 2.87. The SMILES string of the molecule is C[C@H]1CCc2ccccc2N1C(N)=Nc1ccc(Cl)cc1. The van der Waals surface area contributed by atoms with Gasteiger partial charge in [0.05, 0.1) is 5.69 Å². The third-order valence-corrected chi connectivity index (χ3v) is 4.09. The summed E-state index contributed by atoms with van der Waals surface area (Å²) < 4.78 is 0. The van der Waals surface area contributed by atoms with Gasteiger partial charge in [0.15, 0.2) is 0 Å². The molecule has 0 amide bonds. The number of rotatable bonds is 1. The molecule has 21 heavy (non-hydrogen) atoms. The van der Waals surface area contributed by atoms with Crippen LogP contribution >= 0.6 is 11.6 Å². The van der Waals surface area contributed by atoms with Gasteiger partial charge in [0.2, 0.25) is 5.96 Å². The van der Waals surface area contributed by atoms with Crippen molar-refractivity contribution in [1.82, 2.24) is 0 Å². The number of aryl methyl sites for hydroxylation is 1. The Hall–Kier alpha value is -2.00. The molecule has 0 fully saturated rings. The van der Waals surface area contributed by atoms with E-state index < -0.39 is 0 Å². The molecule has 0 saturated heterocycles. The predicted molar refractivity (Wildman–Crippen MR) is 89.4 cm³/mol. The summed E-state index contributed by atoms with van der Waals surface area (Å²) in [6, 6.07) is 16.1. The highest BCUT2D eigenvalue weighted by molar-refractivity contribution is 6.30. The molecule has 1 atom stereocenters. The lowest BCUT2D eigenvalue weighted by atomic mass is 9.97. The van der Waals surface area contributed by atoms with Gasteiger partial charge in [0.25, 0.3) is 0 Å². The van der Waals surface area contributed by atoms with Crippen molar-refractivity contribution in [2.24, 2.45) is 10.7 Å². The summed E-state index contributed by atoms with van der Waals surface area (Å²) >= 11 is 5.90. The van der Waals surface area contributed by atoms with Crippen LogP contribution in [0.5, 0.6) is 0 Å². The highest BCUT2D eigenvalue weighted by Crippen LogP contribution is 2.30. The fraction of sp³-hybridized carbons (Fsp3) is 0.235. The third-order valence-electron chi connectivity index (χ3n) is 3.84. The molecule has 2 aromatic carbocycles. The normalized spacial score (nSPS) is 18.5. The van der Waals surface area contributed by atoms with Crippen molar-refractivity contribution in [1.29, 1.82) is 0 Å². The number of anilines is 1. The van der Waals surface area contributed by atoms with E-state index in [0.29, 0.717) is 17.0 Å². The molecule has 0 bridgehead atoms. The molecule has 0 aliphatic carbocycles. The topological polar surface area (TPSA) is 41.6 Å². The number of para-hydroxylation sites is 1. The van der Waals surface area contributed by atoms with E-state index in [0.717, 1.165) is 24.2 Å². The van der Waals surface area contributed by atoms with Crippen LogP contribution in [-0.4, -0.2) is 12.0 Å². The van der Waals surface area contributed by atoms with Crippen molar-refractivity contribution >= 4 is 28.9 Å². The van der Waals surface area contributed by atoms with Gasteiger partial charge in [0, 0.05) is 16.8 Å². The number of hydrogen-bond donors (Lipinski definition) is 1. The van der Waals surface area contributed by atoms with E-state index in [2.05, 4.69) is 35.0 Å². The standard InChI is InChI=1S/C17H18ClN3/c1-12-6-7-13-4-2-3-5-16(13)21(12)17(19)20-15-10-8-14(18)9-11-15/h2-5,8-12H,6-7H2,1H3,(H2,19,20)/t12-/m0/s1. The molecule has 1 aliphatic heterocycles. The lowest BCUT2D eigenvalue weighted by Crippen LogP contribution is -2.46. The Bertz CT molecular complexity index is 664. The molecule has 0 aromatic heterocycles. The first-order chi connectivity index (χ1) is 10.1. The maximum Gasteiger partial charge on any atom is 0.201 e. The maximum absolute atomic E-state index is 6.27. The van der Waals surface area contributed by atoms with Crippen LogP contribution in [0.25, 0.3) is 0 Å². The van der Waals surface area contributed by atoms with Crippen LogP contribution in [0.1, 0.15) is 18.9 Å². The highest BCUT2D eigenvalue weighted by atomic mass is 35.5. The molecule has 3 rings (SSSR count). The summed E-state index contributed by atoms with van der Waals surface area (Å²) in [7, 11) is 0. The molecule has 4 heteroatoms. The highest BCUT2D eigenvalue weighted by Gasteiger charge is 2.25. The van der Waals surface area contributed by atoms with Gasteiger partial charge in [-0.2, -0.15) is 0 Å². The number of hydrogen-bond acceptors (Lipinski definition) is 1. The molecule has 3 nitrogen and oxygen atoms in total. The second kappa shape index (κ2) is 5.78. The van der Waals surface area contributed by atoms with Gasteiger partial charge in [-0.1, -0.05) is 29.8 Å². The van der Waals surface area contributed by atoms with E-state index in [1.165, 1.54) is 5.56 Å². The van der Waals surface area contributed by atoms with Gasteiger partial charge < -0.3 is 10.6 Å². The van der Waals surface area contributed by atoms with Crippen molar-refractivity contribution in [2.75, 3.05) is 4.90 Å². The van der Waals surface area contributed by atoms with Crippen molar-refractivity contribution in [3.8, 4) is 0 Å². The minimum atomic E-state index is 0.343. The number of nitrogens with two attached hydrogens (primary N) is 1. The quantitative estimate of drug-likeness (QED) is 0.635. The lowest BCUT2D eigenvalue weighted by molar-refractivity contribution is 0.626. The third kappa shape index (κ3) is 2.88. The van der Waals surface area contributed by atoms with Gasteiger partial charge in [-0.15, -0.1) is 0 Å². The zero-order valence-electron chi connectivity index (χ0n) is 12.0. The van der Waals surface area contributed by atoms with Gasteiger partial charge in [-0.25, -0.2) is 4.99 Å². The van der Waals surface area contributed by atoms with E-state index in [4.69, 9.17) is 17.3 Å². The summed E-state index contributed by atoms with van der Waals surface area (Å²) in [5.41, 5.74) is 9.56. The summed E-state index contributed by atoms with van der Waals surface area (Å²) in [6.07, 6.45) is 2.16. The van der Waals surface area contributed by atoms with Crippen molar-refractivity contribution < 1.29 is 0 Å². The molecule has 108 valence electrons. The average molecular weight is 300 g/mol. The molecule has 1 aliphatic rings. The van der Waals surface area contributed by atoms with E-state index in [1.807, 2.05) is 30.3 Å². The van der Waals surface area contributed by atoms with Crippen LogP contribution < -0.4 is 10.6 Å². The zero-order chi connectivity index (χ0) is 14.8. The average Bonchev–Trinajstić information content (AvgIpc) is 2.49. The number of halogens is 1. The first-order valence-corrected chi connectivity index (χ1v) is 7.50. The van der Waals surface area contributed by atoms with E-state index in [1.54, 1.807) is 0 Å².